The summed E-state index contributed by atoms with van der Waals surface area (Å²) in [6.07, 6.45) is 1.12. The minimum atomic E-state index is 0.498. The monoisotopic (exact) mass is 315 g/mol. The highest BCUT2D eigenvalue weighted by Crippen LogP contribution is 2.34. The summed E-state index contributed by atoms with van der Waals surface area (Å²) in [6.45, 7) is 8.03. The van der Waals surface area contributed by atoms with E-state index in [4.69, 9.17) is 27.9 Å². The molecule has 0 bridgehead atoms. The van der Waals surface area contributed by atoms with Gasteiger partial charge in [0.05, 0.1) is 16.7 Å². The first-order valence-corrected chi connectivity index (χ1v) is 8.07. The van der Waals surface area contributed by atoms with Gasteiger partial charge >= 0.3 is 0 Å². The standard InChI is InChI=1S/C16H23Cl2NO/c1-11(2)9-20-10-13-8-19-6-5-14(13)12-3-4-15(17)16(18)7-12/h3-4,7,11,13-14,19H,5-6,8-10H2,1-2H3/t13-,14-/m1/s1. The normalized spacial score (nSPS) is 23.2. The Morgan fingerprint density at radius 3 is 2.80 bits per heavy atom. The molecular weight excluding hydrogens is 293 g/mol. The van der Waals surface area contributed by atoms with Crippen LogP contribution >= 0.6 is 23.2 Å². The lowest BCUT2D eigenvalue weighted by Crippen LogP contribution is -2.38. The fourth-order valence-electron chi connectivity index (χ4n) is 2.74. The molecule has 0 aliphatic carbocycles. The molecule has 1 fully saturated rings. The molecule has 0 aromatic heterocycles. The third-order valence-corrected chi connectivity index (χ3v) is 4.50. The van der Waals surface area contributed by atoms with Crippen molar-refractivity contribution < 1.29 is 4.74 Å². The van der Waals surface area contributed by atoms with Crippen molar-refractivity contribution in [3.63, 3.8) is 0 Å². The molecule has 1 heterocycles. The van der Waals surface area contributed by atoms with Gasteiger partial charge in [-0.1, -0.05) is 43.1 Å². The Labute approximate surface area is 131 Å². The number of piperidine rings is 1. The molecule has 4 heteroatoms. The van der Waals surface area contributed by atoms with Gasteiger partial charge in [0.25, 0.3) is 0 Å². The molecule has 112 valence electrons. The Bertz CT molecular complexity index is 436. The molecule has 1 aliphatic rings. The molecule has 1 saturated heterocycles. The van der Waals surface area contributed by atoms with Crippen LogP contribution in [0.2, 0.25) is 10.0 Å². The average molecular weight is 316 g/mol. The zero-order valence-electron chi connectivity index (χ0n) is 12.2. The molecule has 0 spiro atoms. The van der Waals surface area contributed by atoms with E-state index < -0.39 is 0 Å². The predicted octanol–water partition coefficient (Wildman–Crippen LogP) is 4.36. The number of benzene rings is 1. The first kappa shape index (κ1) is 16.1. The highest BCUT2D eigenvalue weighted by molar-refractivity contribution is 6.42. The van der Waals surface area contributed by atoms with Gasteiger partial charge in [-0.05, 0) is 42.5 Å². The summed E-state index contributed by atoms with van der Waals surface area (Å²) < 4.78 is 5.84. The second-order valence-electron chi connectivity index (χ2n) is 5.96. The van der Waals surface area contributed by atoms with Crippen molar-refractivity contribution in [2.75, 3.05) is 26.3 Å². The minimum absolute atomic E-state index is 0.498. The van der Waals surface area contributed by atoms with Gasteiger partial charge in [-0.15, -0.1) is 0 Å². The van der Waals surface area contributed by atoms with Gasteiger partial charge in [-0.3, -0.25) is 0 Å². The number of nitrogens with one attached hydrogen (secondary N) is 1. The maximum atomic E-state index is 6.15. The number of hydrogen-bond acceptors (Lipinski definition) is 2. The smallest absolute Gasteiger partial charge is 0.0595 e. The van der Waals surface area contributed by atoms with E-state index >= 15 is 0 Å². The predicted molar refractivity (Wildman–Crippen MR) is 85.8 cm³/mol. The van der Waals surface area contributed by atoms with E-state index in [1.165, 1.54) is 5.56 Å². The molecule has 2 atom stereocenters. The fraction of sp³-hybridized carbons (Fsp3) is 0.625. The molecule has 0 radical (unpaired) electrons. The van der Waals surface area contributed by atoms with Crippen molar-refractivity contribution in [3.05, 3.63) is 33.8 Å². The Balaban J connectivity index is 2.03. The van der Waals surface area contributed by atoms with Crippen molar-refractivity contribution in [1.82, 2.24) is 5.32 Å². The van der Waals surface area contributed by atoms with E-state index in [1.54, 1.807) is 0 Å². The summed E-state index contributed by atoms with van der Waals surface area (Å²) in [7, 11) is 0. The summed E-state index contributed by atoms with van der Waals surface area (Å²) in [5.74, 6) is 1.58. The van der Waals surface area contributed by atoms with Gasteiger partial charge in [0, 0.05) is 19.1 Å². The molecule has 1 N–H and O–H groups in total. The molecule has 0 saturated carbocycles. The Hall–Kier alpha value is -0.280. The fourth-order valence-corrected chi connectivity index (χ4v) is 3.04. The molecule has 2 nitrogen and oxygen atoms in total. The highest BCUT2D eigenvalue weighted by atomic mass is 35.5. The summed E-state index contributed by atoms with van der Waals surface area (Å²) >= 11 is 12.2. The van der Waals surface area contributed by atoms with Crippen LogP contribution in [0.15, 0.2) is 18.2 Å². The number of ether oxygens (including phenoxy) is 1. The summed E-state index contributed by atoms with van der Waals surface area (Å²) in [4.78, 5) is 0. The first-order chi connectivity index (χ1) is 9.58. The van der Waals surface area contributed by atoms with Gasteiger partial charge in [-0.2, -0.15) is 0 Å². The van der Waals surface area contributed by atoms with E-state index in [1.807, 2.05) is 12.1 Å². The van der Waals surface area contributed by atoms with Crippen molar-refractivity contribution in [3.8, 4) is 0 Å². The third-order valence-electron chi connectivity index (χ3n) is 3.76. The van der Waals surface area contributed by atoms with E-state index in [0.29, 0.717) is 27.8 Å². The molecule has 0 amide bonds. The minimum Gasteiger partial charge on any atom is -0.381 e. The lowest BCUT2D eigenvalue weighted by atomic mass is 9.81. The zero-order valence-corrected chi connectivity index (χ0v) is 13.7. The molecule has 20 heavy (non-hydrogen) atoms. The summed E-state index contributed by atoms with van der Waals surface area (Å²) in [6, 6.07) is 6.00. The molecule has 1 aliphatic heterocycles. The Morgan fingerprint density at radius 1 is 1.30 bits per heavy atom. The van der Waals surface area contributed by atoms with Crippen molar-refractivity contribution in [2.45, 2.75) is 26.2 Å². The maximum absolute atomic E-state index is 6.15. The molecule has 1 aromatic carbocycles. The van der Waals surface area contributed by atoms with Crippen LogP contribution in [0, 0.1) is 11.8 Å². The van der Waals surface area contributed by atoms with Gasteiger partial charge in [0.15, 0.2) is 0 Å². The third kappa shape index (κ3) is 4.36. The van der Waals surface area contributed by atoms with Crippen LogP contribution in [0.3, 0.4) is 0 Å². The molecule has 1 aromatic rings. The number of hydrogen-bond donors (Lipinski definition) is 1. The summed E-state index contributed by atoms with van der Waals surface area (Å²) in [5.41, 5.74) is 1.28. The molecule has 0 unspecified atom stereocenters. The van der Waals surface area contributed by atoms with Crippen LogP contribution in [0.25, 0.3) is 0 Å². The van der Waals surface area contributed by atoms with E-state index in [2.05, 4.69) is 25.2 Å². The second-order valence-corrected chi connectivity index (χ2v) is 6.78. The highest BCUT2D eigenvalue weighted by Gasteiger charge is 2.27. The first-order valence-electron chi connectivity index (χ1n) is 7.31. The van der Waals surface area contributed by atoms with E-state index in [0.717, 1.165) is 32.7 Å². The van der Waals surface area contributed by atoms with Crippen LogP contribution in [0.4, 0.5) is 0 Å². The van der Waals surface area contributed by atoms with Crippen molar-refractivity contribution in [1.29, 1.82) is 0 Å². The van der Waals surface area contributed by atoms with Gasteiger partial charge in [0.2, 0.25) is 0 Å². The lowest BCUT2D eigenvalue weighted by Gasteiger charge is -2.32. The topological polar surface area (TPSA) is 21.3 Å². The van der Waals surface area contributed by atoms with Gasteiger partial charge in [0.1, 0.15) is 0 Å². The SMILES string of the molecule is CC(C)COC[C@H]1CNCC[C@@H]1c1ccc(Cl)c(Cl)c1. The Morgan fingerprint density at radius 2 is 2.10 bits per heavy atom. The molecular formula is C16H23Cl2NO. The summed E-state index contributed by atoms with van der Waals surface area (Å²) in [5, 5.41) is 4.72. The maximum Gasteiger partial charge on any atom is 0.0595 e. The molecule has 2 rings (SSSR count). The van der Waals surface area contributed by atoms with Crippen molar-refractivity contribution in [2.24, 2.45) is 11.8 Å². The second kappa shape index (κ2) is 7.65. The van der Waals surface area contributed by atoms with E-state index in [9.17, 15) is 0 Å². The van der Waals surface area contributed by atoms with Crippen molar-refractivity contribution >= 4 is 23.2 Å². The number of halogens is 2. The lowest BCUT2D eigenvalue weighted by molar-refractivity contribution is 0.0642. The largest absolute Gasteiger partial charge is 0.381 e. The van der Waals surface area contributed by atoms with Crippen LogP contribution < -0.4 is 5.32 Å². The zero-order chi connectivity index (χ0) is 14.5. The van der Waals surface area contributed by atoms with Gasteiger partial charge < -0.3 is 10.1 Å². The number of rotatable bonds is 5. The van der Waals surface area contributed by atoms with Crippen LogP contribution in [0.1, 0.15) is 31.7 Å². The van der Waals surface area contributed by atoms with Crippen LogP contribution in [-0.4, -0.2) is 26.3 Å². The Kier molecular flexibility index (Phi) is 6.16. The van der Waals surface area contributed by atoms with Gasteiger partial charge in [-0.25, -0.2) is 0 Å². The van der Waals surface area contributed by atoms with Crippen LogP contribution in [0.5, 0.6) is 0 Å². The average Bonchev–Trinajstić information content (AvgIpc) is 2.42. The van der Waals surface area contributed by atoms with E-state index in [-0.39, 0.29) is 0 Å². The van der Waals surface area contributed by atoms with Crippen LogP contribution in [-0.2, 0) is 4.74 Å². The quantitative estimate of drug-likeness (QED) is 0.871.